The van der Waals surface area contributed by atoms with Crippen LogP contribution in [0.25, 0.3) is 11.4 Å². The normalized spacial score (nSPS) is 18.9. The van der Waals surface area contributed by atoms with Gasteiger partial charge in [0.1, 0.15) is 5.82 Å². The maximum absolute atomic E-state index is 11.5. The van der Waals surface area contributed by atoms with Crippen LogP contribution < -0.4 is 16.0 Å². The van der Waals surface area contributed by atoms with E-state index in [1.54, 1.807) is 0 Å². The number of hydrogen-bond acceptors (Lipinski definition) is 8. The Morgan fingerprint density at radius 2 is 1.65 bits per heavy atom. The quantitative estimate of drug-likeness (QED) is 0.351. The van der Waals surface area contributed by atoms with Crippen LogP contribution in [0.4, 0.5) is 11.5 Å². The van der Waals surface area contributed by atoms with Gasteiger partial charge in [0, 0.05) is 81.5 Å². The van der Waals surface area contributed by atoms with E-state index in [9.17, 15) is 4.79 Å². The minimum absolute atomic E-state index is 0.0368. The molecule has 43 heavy (non-hydrogen) atoms. The first-order chi connectivity index (χ1) is 21.0. The third kappa shape index (κ3) is 7.52. The van der Waals surface area contributed by atoms with Gasteiger partial charge < -0.3 is 25.8 Å². The Morgan fingerprint density at radius 3 is 2.37 bits per heavy atom. The number of nitrogens with zero attached hydrogens (tertiary/aromatic N) is 6. The highest BCUT2D eigenvalue weighted by molar-refractivity contribution is 5.76. The van der Waals surface area contributed by atoms with Crippen LogP contribution in [0.2, 0.25) is 0 Å². The fourth-order valence-electron chi connectivity index (χ4n) is 6.56. The molecule has 2 saturated heterocycles. The summed E-state index contributed by atoms with van der Waals surface area (Å²) in [6.45, 7) is 10.8. The summed E-state index contributed by atoms with van der Waals surface area (Å²) in [5.74, 6) is 1.65. The molecular formula is C34H46N8O. The van der Waals surface area contributed by atoms with E-state index in [4.69, 9.17) is 15.7 Å². The summed E-state index contributed by atoms with van der Waals surface area (Å²) in [7, 11) is 2.19. The molecule has 3 aliphatic rings. The molecule has 4 heterocycles. The van der Waals surface area contributed by atoms with Crippen molar-refractivity contribution in [2.45, 2.75) is 38.8 Å². The predicted molar refractivity (Wildman–Crippen MR) is 173 cm³/mol. The fraction of sp³-hybridized carbons (Fsp3) is 0.500. The van der Waals surface area contributed by atoms with Gasteiger partial charge in [-0.3, -0.25) is 9.69 Å². The van der Waals surface area contributed by atoms with Crippen LogP contribution in [0.3, 0.4) is 0 Å². The van der Waals surface area contributed by atoms with Crippen LogP contribution in [0.1, 0.15) is 36.1 Å². The number of piperidine rings is 1. The number of carbonyl (C=O) groups is 1. The van der Waals surface area contributed by atoms with Gasteiger partial charge in [-0.05, 0) is 75.8 Å². The van der Waals surface area contributed by atoms with Crippen LogP contribution in [-0.4, -0.2) is 96.5 Å². The van der Waals surface area contributed by atoms with Crippen molar-refractivity contribution in [1.29, 1.82) is 0 Å². The first-order valence-electron chi connectivity index (χ1n) is 16.0. The summed E-state index contributed by atoms with van der Waals surface area (Å²) in [5, 5.41) is 3.71. The van der Waals surface area contributed by atoms with Gasteiger partial charge in [-0.2, -0.15) is 0 Å². The number of likely N-dealkylation sites (tertiary alicyclic amines) is 1. The number of nitrogens with one attached hydrogen (secondary N) is 1. The van der Waals surface area contributed by atoms with E-state index in [2.05, 4.69) is 86.6 Å². The zero-order chi connectivity index (χ0) is 29.6. The molecule has 9 nitrogen and oxygen atoms in total. The van der Waals surface area contributed by atoms with Gasteiger partial charge in [0.25, 0.3) is 0 Å². The van der Waals surface area contributed by atoms with E-state index in [-0.39, 0.29) is 11.8 Å². The van der Waals surface area contributed by atoms with E-state index < -0.39 is 0 Å². The lowest BCUT2D eigenvalue weighted by Gasteiger charge is -2.34. The summed E-state index contributed by atoms with van der Waals surface area (Å²) >= 11 is 0. The van der Waals surface area contributed by atoms with Crippen molar-refractivity contribution >= 4 is 17.4 Å². The molecule has 0 radical (unpaired) electrons. The van der Waals surface area contributed by atoms with Crippen LogP contribution in [0.15, 0.2) is 54.6 Å². The molecule has 1 aromatic heterocycles. The SMILES string of the molecule is CN1CCN(c2ccc(-c3nc4c(c(NCCCN5CCC(C(N)=O)CC5)n3)CN(Cc3ccccc3)CC4)cc2)CC1. The third-order valence-electron chi connectivity index (χ3n) is 9.32. The molecule has 3 aromatic rings. The predicted octanol–water partition coefficient (Wildman–Crippen LogP) is 3.45. The Balaban J connectivity index is 1.15. The topological polar surface area (TPSA) is 93.9 Å². The Labute approximate surface area is 256 Å². The second-order valence-electron chi connectivity index (χ2n) is 12.4. The molecule has 3 aliphatic heterocycles. The van der Waals surface area contributed by atoms with Gasteiger partial charge in [0.15, 0.2) is 5.82 Å². The molecular weight excluding hydrogens is 536 g/mol. The van der Waals surface area contributed by atoms with E-state index in [0.29, 0.717) is 0 Å². The van der Waals surface area contributed by atoms with Crippen molar-refractivity contribution in [3.8, 4) is 11.4 Å². The maximum atomic E-state index is 11.5. The van der Waals surface area contributed by atoms with Crippen molar-refractivity contribution < 1.29 is 4.79 Å². The molecule has 0 unspecified atom stereocenters. The number of aromatic nitrogens is 2. The molecule has 0 atom stereocenters. The molecule has 0 aliphatic carbocycles. The van der Waals surface area contributed by atoms with Gasteiger partial charge in [0.2, 0.25) is 5.91 Å². The van der Waals surface area contributed by atoms with Crippen molar-refractivity contribution in [3.05, 3.63) is 71.4 Å². The fourth-order valence-corrected chi connectivity index (χ4v) is 6.56. The van der Waals surface area contributed by atoms with Gasteiger partial charge in [0.05, 0.1) is 5.69 Å². The number of primary amides is 1. The molecule has 0 bridgehead atoms. The van der Waals surface area contributed by atoms with E-state index in [1.165, 1.54) is 16.8 Å². The Morgan fingerprint density at radius 1 is 0.907 bits per heavy atom. The Hall–Kier alpha value is -3.53. The zero-order valence-electron chi connectivity index (χ0n) is 25.5. The highest BCUT2D eigenvalue weighted by Crippen LogP contribution is 2.29. The van der Waals surface area contributed by atoms with Gasteiger partial charge in [-0.15, -0.1) is 0 Å². The van der Waals surface area contributed by atoms with Crippen molar-refractivity contribution in [2.75, 3.05) is 76.2 Å². The Bertz CT molecular complexity index is 1350. The highest BCUT2D eigenvalue weighted by Gasteiger charge is 2.25. The smallest absolute Gasteiger partial charge is 0.220 e. The van der Waals surface area contributed by atoms with Gasteiger partial charge >= 0.3 is 0 Å². The van der Waals surface area contributed by atoms with Crippen LogP contribution in [-0.2, 0) is 24.3 Å². The van der Waals surface area contributed by atoms with E-state index >= 15 is 0 Å². The molecule has 3 N–H and O–H groups in total. The summed E-state index contributed by atoms with van der Waals surface area (Å²) in [5.41, 5.74) is 11.6. The number of amides is 1. The lowest BCUT2D eigenvalue weighted by molar-refractivity contribution is -0.123. The number of likely N-dealkylation sites (N-methyl/N-ethyl adjacent to an activating group) is 1. The average Bonchev–Trinajstić information content (AvgIpc) is 3.04. The molecule has 1 amide bonds. The van der Waals surface area contributed by atoms with Crippen LogP contribution >= 0.6 is 0 Å². The van der Waals surface area contributed by atoms with Gasteiger partial charge in [-0.1, -0.05) is 30.3 Å². The summed E-state index contributed by atoms with van der Waals surface area (Å²) in [4.78, 5) is 31.6. The van der Waals surface area contributed by atoms with Crippen molar-refractivity contribution in [3.63, 3.8) is 0 Å². The lowest BCUT2D eigenvalue weighted by atomic mass is 9.96. The molecule has 228 valence electrons. The molecule has 2 fully saturated rings. The Kier molecular flexibility index (Phi) is 9.51. The van der Waals surface area contributed by atoms with Crippen LogP contribution in [0, 0.1) is 5.92 Å². The van der Waals surface area contributed by atoms with Crippen molar-refractivity contribution in [2.24, 2.45) is 11.7 Å². The number of carbonyl (C=O) groups excluding carboxylic acids is 1. The second-order valence-corrected chi connectivity index (χ2v) is 12.4. The number of anilines is 2. The average molecular weight is 583 g/mol. The maximum Gasteiger partial charge on any atom is 0.220 e. The largest absolute Gasteiger partial charge is 0.370 e. The molecule has 0 saturated carbocycles. The first kappa shape index (κ1) is 29.5. The molecule has 2 aromatic carbocycles. The second kappa shape index (κ2) is 13.8. The minimum atomic E-state index is -0.152. The number of hydrogen-bond donors (Lipinski definition) is 2. The standard InChI is InChI=1S/C34H46N8O/c1-39-20-22-42(23-21-39)29-10-8-28(9-11-29)33-37-31-14-19-41(24-26-6-3-2-4-7-26)25-30(31)34(38-33)36-15-5-16-40-17-12-27(13-18-40)32(35)43/h2-4,6-11,27H,5,12-25H2,1H3,(H2,35,43)(H,36,37,38). The summed E-state index contributed by atoms with van der Waals surface area (Å²) in [6.07, 6.45) is 3.68. The monoisotopic (exact) mass is 582 g/mol. The van der Waals surface area contributed by atoms with Crippen molar-refractivity contribution in [1.82, 2.24) is 24.7 Å². The first-order valence-corrected chi connectivity index (χ1v) is 16.0. The highest BCUT2D eigenvalue weighted by atomic mass is 16.1. The van der Waals surface area contributed by atoms with E-state index in [0.717, 1.165) is 121 Å². The number of benzene rings is 2. The summed E-state index contributed by atoms with van der Waals surface area (Å²) < 4.78 is 0. The molecule has 9 heteroatoms. The number of piperazine rings is 1. The molecule has 0 spiro atoms. The number of nitrogens with two attached hydrogens (primary N) is 1. The number of rotatable bonds is 10. The minimum Gasteiger partial charge on any atom is -0.370 e. The number of fused-ring (bicyclic) bond motifs is 1. The van der Waals surface area contributed by atoms with Crippen LogP contribution in [0.5, 0.6) is 0 Å². The lowest BCUT2D eigenvalue weighted by Crippen LogP contribution is -2.44. The summed E-state index contributed by atoms with van der Waals surface area (Å²) in [6, 6.07) is 19.5. The van der Waals surface area contributed by atoms with E-state index in [1.807, 2.05) is 0 Å². The zero-order valence-corrected chi connectivity index (χ0v) is 25.5. The third-order valence-corrected chi connectivity index (χ3v) is 9.32. The van der Waals surface area contributed by atoms with Gasteiger partial charge in [-0.25, -0.2) is 9.97 Å². The molecule has 6 rings (SSSR count).